The van der Waals surface area contributed by atoms with Crippen LogP contribution in [-0.2, 0) is 31.0 Å². The number of aliphatic carboxylic acids is 1. The van der Waals surface area contributed by atoms with Crippen molar-refractivity contribution in [2.45, 2.75) is 23.2 Å². The third kappa shape index (κ3) is 5.89. The Labute approximate surface area is 237 Å². The molecular weight excluding hydrogens is 535 g/mol. The smallest absolute Gasteiger partial charge is 0.281 e. The number of nitrogens with two attached hydrogens (primary N) is 1. The second kappa shape index (κ2) is 11.3. The first kappa shape index (κ1) is 28.8. The molecule has 0 spiro atoms. The standard InChI is InChI=1S/C22H20N4O8S2.Na/c23-18(27)13-6-8-25(9-7-13)10-14-11-35-21-15(20(29)26(21)16(14)22(30)31)24-19(28)17(36(32,33)34)12-4-2-1-3-5-12;/h1-9,15,17,21H,10-11H2,(H4-,23,24,27,28,30,31,32,33,34);. The summed E-state index contributed by atoms with van der Waals surface area (Å²) in [5, 5.41) is 11.5. The molecule has 3 heterocycles. The summed E-state index contributed by atoms with van der Waals surface area (Å²) in [7, 11) is -4.86. The van der Waals surface area contributed by atoms with E-state index in [1.807, 2.05) is 0 Å². The van der Waals surface area contributed by atoms with Gasteiger partial charge in [0.25, 0.3) is 16.0 Å². The van der Waals surface area contributed by atoms with Gasteiger partial charge in [-0.25, -0.2) is 4.57 Å². The number of pyridine rings is 1. The van der Waals surface area contributed by atoms with Gasteiger partial charge in [-0.3, -0.25) is 23.8 Å². The van der Waals surface area contributed by atoms with E-state index in [9.17, 15) is 37.3 Å². The molecular formula is C22H20N4NaO8S2. The van der Waals surface area contributed by atoms with Gasteiger partial charge < -0.3 is 21.0 Å². The number of aromatic nitrogens is 1. The van der Waals surface area contributed by atoms with Crippen LogP contribution in [0.25, 0.3) is 0 Å². The van der Waals surface area contributed by atoms with Gasteiger partial charge in [-0.2, -0.15) is 8.42 Å². The van der Waals surface area contributed by atoms with Gasteiger partial charge in [0.05, 0.1) is 17.2 Å². The molecule has 1 aromatic heterocycles. The number of carbonyl (C=O) groups excluding carboxylic acids is 4. The number of rotatable bonds is 8. The second-order valence-corrected chi connectivity index (χ2v) is 10.7. The molecule has 2 aliphatic heterocycles. The number of carbonyl (C=O) groups is 4. The number of fused-ring (bicyclic) bond motifs is 1. The maximum absolute atomic E-state index is 12.9. The number of hydrogen-bond acceptors (Lipinski definition) is 8. The number of nitrogens with one attached hydrogen (secondary N) is 1. The third-order valence-corrected chi connectivity index (χ3v) is 8.15. The largest absolute Gasteiger partial charge is 0.543 e. The van der Waals surface area contributed by atoms with Crippen molar-refractivity contribution in [3.63, 3.8) is 0 Å². The van der Waals surface area contributed by atoms with E-state index in [-0.39, 0.29) is 58.7 Å². The number of amides is 3. The average Bonchev–Trinajstić information content (AvgIpc) is 2.82. The number of hydrogen-bond donors (Lipinski definition) is 3. The fraction of sp³-hybridized carbons (Fsp3) is 0.227. The fourth-order valence-corrected chi connectivity index (χ4v) is 6.23. The maximum atomic E-state index is 12.9. The first-order valence-corrected chi connectivity index (χ1v) is 13.0. The molecule has 2 aliphatic rings. The van der Waals surface area contributed by atoms with E-state index in [1.165, 1.54) is 60.6 Å². The minimum atomic E-state index is -4.86. The SMILES string of the molecule is NC(=O)c1cc[n+](CC2=C(C(=O)[O-])N3C(=O)C(NC(=O)C(c4ccccc4)S(=O)(=O)O)C3SC2)cc1.[Na]. The summed E-state index contributed by atoms with van der Waals surface area (Å²) in [5.74, 6) is -3.89. The molecule has 4 rings (SSSR count). The molecule has 2 aromatic rings. The summed E-state index contributed by atoms with van der Waals surface area (Å²) in [6, 6.07) is 9.02. The molecule has 3 unspecified atom stereocenters. The molecule has 1 radical (unpaired) electrons. The Kier molecular flexibility index (Phi) is 8.82. The second-order valence-electron chi connectivity index (χ2n) is 8.06. The molecule has 1 fully saturated rings. The zero-order valence-corrected chi connectivity index (χ0v) is 23.1. The van der Waals surface area contributed by atoms with E-state index in [0.29, 0.717) is 5.57 Å². The predicted molar refractivity (Wildman–Crippen MR) is 129 cm³/mol. The Morgan fingerprint density at radius 2 is 1.81 bits per heavy atom. The Morgan fingerprint density at radius 1 is 1.19 bits per heavy atom. The molecule has 1 aromatic carbocycles. The third-order valence-electron chi connectivity index (χ3n) is 5.73. The van der Waals surface area contributed by atoms with Crippen LogP contribution in [0.3, 0.4) is 0 Å². The van der Waals surface area contributed by atoms with Crippen LogP contribution in [0.5, 0.6) is 0 Å². The van der Waals surface area contributed by atoms with Crippen LogP contribution in [0.15, 0.2) is 66.1 Å². The number of benzene rings is 1. The summed E-state index contributed by atoms with van der Waals surface area (Å²) in [6.45, 7) is 0.0850. The van der Waals surface area contributed by atoms with Crippen molar-refractivity contribution < 1.29 is 41.8 Å². The minimum absolute atomic E-state index is 0. The van der Waals surface area contributed by atoms with Crippen LogP contribution in [0.4, 0.5) is 0 Å². The molecule has 15 heteroatoms. The number of thioether (sulfide) groups is 1. The van der Waals surface area contributed by atoms with Gasteiger partial charge in [-0.05, 0) is 5.56 Å². The quantitative estimate of drug-likeness (QED) is 0.139. The van der Waals surface area contributed by atoms with E-state index in [2.05, 4.69) is 5.32 Å². The molecule has 189 valence electrons. The van der Waals surface area contributed by atoms with Crippen molar-refractivity contribution in [2.75, 3.05) is 5.75 Å². The Bertz CT molecular complexity index is 1380. The van der Waals surface area contributed by atoms with Gasteiger partial charge in [-0.15, -0.1) is 11.8 Å². The molecule has 0 bridgehead atoms. The van der Waals surface area contributed by atoms with Crippen LogP contribution in [-0.4, -0.2) is 88.3 Å². The van der Waals surface area contributed by atoms with E-state index in [0.717, 1.165) is 4.90 Å². The minimum Gasteiger partial charge on any atom is -0.543 e. The molecule has 0 aliphatic carbocycles. The van der Waals surface area contributed by atoms with Gasteiger partial charge in [0.15, 0.2) is 24.2 Å². The van der Waals surface area contributed by atoms with Crippen LogP contribution in [0.1, 0.15) is 21.2 Å². The van der Waals surface area contributed by atoms with Crippen LogP contribution in [0.2, 0.25) is 0 Å². The van der Waals surface area contributed by atoms with Crippen LogP contribution >= 0.6 is 11.8 Å². The number of carboxylic acid groups (broad SMARTS) is 1. The first-order chi connectivity index (χ1) is 17.0. The van der Waals surface area contributed by atoms with Crippen molar-refractivity contribution >= 4 is 75.1 Å². The Balaban J connectivity index is 0.00000380. The fourth-order valence-electron chi connectivity index (χ4n) is 4.06. The zero-order valence-electron chi connectivity index (χ0n) is 19.4. The van der Waals surface area contributed by atoms with Gasteiger partial charge >= 0.3 is 0 Å². The normalized spacial score (nSPS) is 19.7. The van der Waals surface area contributed by atoms with Crippen molar-refractivity contribution in [3.05, 3.63) is 77.3 Å². The predicted octanol–water partition coefficient (Wildman–Crippen LogP) is -2.27. The summed E-state index contributed by atoms with van der Waals surface area (Å²) >= 11 is 1.18. The van der Waals surface area contributed by atoms with E-state index in [1.54, 1.807) is 10.6 Å². The van der Waals surface area contributed by atoms with Gasteiger partial charge in [0, 0.05) is 53.0 Å². The molecule has 37 heavy (non-hydrogen) atoms. The van der Waals surface area contributed by atoms with E-state index < -0.39 is 50.5 Å². The van der Waals surface area contributed by atoms with E-state index in [4.69, 9.17) is 5.73 Å². The summed E-state index contributed by atoms with van der Waals surface area (Å²) in [6.07, 6.45) is 3.08. The van der Waals surface area contributed by atoms with Crippen LogP contribution in [0, 0.1) is 0 Å². The number of carboxylic acids is 1. The maximum Gasteiger partial charge on any atom is 0.281 e. The number of nitrogens with zero attached hydrogens (tertiary/aromatic N) is 2. The van der Waals surface area contributed by atoms with Gasteiger partial charge in [0.2, 0.25) is 11.8 Å². The van der Waals surface area contributed by atoms with Crippen molar-refractivity contribution in [2.24, 2.45) is 5.73 Å². The Hall–Kier alpha value is -2.75. The molecule has 3 amide bonds. The van der Waals surface area contributed by atoms with Crippen molar-refractivity contribution in [3.8, 4) is 0 Å². The molecule has 0 saturated carbocycles. The molecule has 1 saturated heterocycles. The van der Waals surface area contributed by atoms with Gasteiger partial charge in [-0.1, -0.05) is 30.3 Å². The monoisotopic (exact) mass is 555 g/mol. The summed E-state index contributed by atoms with van der Waals surface area (Å²) in [5.41, 5.74) is 5.53. The zero-order chi connectivity index (χ0) is 26.2. The van der Waals surface area contributed by atoms with Crippen LogP contribution < -0.4 is 20.7 Å². The average molecular weight is 556 g/mol. The first-order valence-electron chi connectivity index (χ1n) is 10.5. The van der Waals surface area contributed by atoms with E-state index >= 15 is 0 Å². The topological polar surface area (TPSA) is 191 Å². The molecule has 4 N–H and O–H groups in total. The number of β-lactam (4-membered cyclic amide) rings is 1. The number of primary amides is 1. The van der Waals surface area contributed by atoms with Gasteiger partial charge in [0.1, 0.15) is 11.4 Å². The molecule has 12 nitrogen and oxygen atoms in total. The van der Waals surface area contributed by atoms with Crippen molar-refractivity contribution in [1.82, 2.24) is 10.2 Å². The summed E-state index contributed by atoms with van der Waals surface area (Å²) in [4.78, 5) is 49.9. The molecule has 3 atom stereocenters. The summed E-state index contributed by atoms with van der Waals surface area (Å²) < 4.78 is 35.1. The van der Waals surface area contributed by atoms with Crippen molar-refractivity contribution in [1.29, 1.82) is 0 Å². The Morgan fingerprint density at radius 3 is 2.35 bits per heavy atom.